The van der Waals surface area contributed by atoms with Crippen molar-refractivity contribution >= 4 is 41.7 Å². The van der Waals surface area contributed by atoms with Crippen molar-refractivity contribution in [3.8, 4) is 0 Å². The Balaban J connectivity index is 0.00000200. The van der Waals surface area contributed by atoms with Crippen LogP contribution in [0.4, 0.5) is 5.69 Å². The van der Waals surface area contributed by atoms with Gasteiger partial charge in [-0.15, -0.1) is 24.0 Å². The Morgan fingerprint density at radius 1 is 1.00 bits per heavy atom. The molecule has 2 rings (SSSR count). The molecule has 0 heterocycles. The molecule has 2 aromatic carbocycles. The molecule has 0 bridgehead atoms. The maximum absolute atomic E-state index is 5.79. The number of guanidine groups is 1. The number of para-hydroxylation sites is 1. The molecule has 3 N–H and O–H groups in total. The summed E-state index contributed by atoms with van der Waals surface area (Å²) in [5, 5.41) is 3.03. The second-order valence-electron chi connectivity index (χ2n) is 4.03. The van der Waals surface area contributed by atoms with Crippen LogP contribution in [0, 0.1) is 0 Å². The van der Waals surface area contributed by atoms with E-state index in [9.17, 15) is 0 Å². The van der Waals surface area contributed by atoms with Crippen molar-refractivity contribution < 1.29 is 0 Å². The number of rotatable bonds is 4. The summed E-state index contributed by atoms with van der Waals surface area (Å²) in [4.78, 5) is 4.23. The van der Waals surface area contributed by atoms with Crippen LogP contribution in [-0.4, -0.2) is 12.5 Å². The summed E-state index contributed by atoms with van der Waals surface area (Å²) in [7, 11) is 0. The molecule has 0 saturated carbocycles. The standard InChI is InChI=1S/C16H17N3.HI/c17-16(19-15-11-5-2-6-12-15)18-13-7-10-14-8-3-1-4-9-14;/h1-12H,13H2,(H3,17,18,19);1H. The molecule has 0 saturated heterocycles. The molecular weight excluding hydrogens is 361 g/mol. The van der Waals surface area contributed by atoms with Crippen LogP contribution in [0.15, 0.2) is 71.7 Å². The Kier molecular flexibility index (Phi) is 7.42. The van der Waals surface area contributed by atoms with Crippen LogP contribution >= 0.6 is 24.0 Å². The number of nitrogens with zero attached hydrogens (tertiary/aromatic N) is 1. The summed E-state index contributed by atoms with van der Waals surface area (Å²) >= 11 is 0. The molecule has 4 heteroatoms. The summed E-state index contributed by atoms with van der Waals surface area (Å²) in [6.45, 7) is 0.556. The van der Waals surface area contributed by atoms with Crippen LogP contribution in [0.2, 0.25) is 0 Å². The van der Waals surface area contributed by atoms with Gasteiger partial charge in [0.25, 0.3) is 0 Å². The van der Waals surface area contributed by atoms with Gasteiger partial charge in [0.1, 0.15) is 0 Å². The topological polar surface area (TPSA) is 50.4 Å². The number of nitrogens with two attached hydrogens (primary N) is 1. The van der Waals surface area contributed by atoms with Crippen molar-refractivity contribution in [1.29, 1.82) is 0 Å². The van der Waals surface area contributed by atoms with Gasteiger partial charge in [-0.3, -0.25) is 0 Å². The SMILES string of the molecule is I.NC(=NCC=Cc1ccccc1)Nc1ccccc1. The largest absolute Gasteiger partial charge is 0.370 e. The zero-order valence-electron chi connectivity index (χ0n) is 11.1. The quantitative estimate of drug-likeness (QED) is 0.483. The average Bonchev–Trinajstić information content (AvgIpc) is 2.46. The van der Waals surface area contributed by atoms with E-state index in [1.54, 1.807) is 0 Å². The second-order valence-corrected chi connectivity index (χ2v) is 4.03. The van der Waals surface area contributed by atoms with Gasteiger partial charge in [-0.2, -0.15) is 0 Å². The van der Waals surface area contributed by atoms with Crippen LogP contribution in [0.5, 0.6) is 0 Å². The first kappa shape index (κ1) is 16.2. The van der Waals surface area contributed by atoms with Crippen LogP contribution in [0.3, 0.4) is 0 Å². The van der Waals surface area contributed by atoms with Crippen molar-refractivity contribution in [3.63, 3.8) is 0 Å². The Bertz CT molecular complexity index is 550. The van der Waals surface area contributed by atoms with Crippen LogP contribution in [0.25, 0.3) is 6.08 Å². The fraction of sp³-hybridized carbons (Fsp3) is 0.0625. The van der Waals surface area contributed by atoms with Crippen molar-refractivity contribution in [2.75, 3.05) is 11.9 Å². The van der Waals surface area contributed by atoms with E-state index < -0.39 is 0 Å². The third-order valence-corrected chi connectivity index (χ3v) is 2.52. The minimum absolute atomic E-state index is 0. The van der Waals surface area contributed by atoms with E-state index in [1.165, 1.54) is 0 Å². The van der Waals surface area contributed by atoms with E-state index in [0.717, 1.165) is 11.3 Å². The van der Waals surface area contributed by atoms with Gasteiger partial charge in [-0.25, -0.2) is 4.99 Å². The van der Waals surface area contributed by atoms with Crippen molar-refractivity contribution in [2.24, 2.45) is 10.7 Å². The Labute approximate surface area is 136 Å². The van der Waals surface area contributed by atoms with Crippen LogP contribution in [-0.2, 0) is 0 Å². The number of hydrogen-bond donors (Lipinski definition) is 2. The highest BCUT2D eigenvalue weighted by atomic mass is 127. The third kappa shape index (κ3) is 5.88. The predicted octanol–water partition coefficient (Wildman–Crippen LogP) is 3.74. The molecular formula is C16H18IN3. The van der Waals surface area contributed by atoms with E-state index >= 15 is 0 Å². The smallest absolute Gasteiger partial charge is 0.193 e. The van der Waals surface area contributed by atoms with Crippen molar-refractivity contribution in [1.82, 2.24) is 0 Å². The summed E-state index contributed by atoms with van der Waals surface area (Å²) in [5.74, 6) is 0.420. The average molecular weight is 379 g/mol. The third-order valence-electron chi connectivity index (χ3n) is 2.52. The van der Waals surface area contributed by atoms with Gasteiger partial charge in [0, 0.05) is 5.69 Å². The normalized spacial score (nSPS) is 11.1. The molecule has 0 aromatic heterocycles. The lowest BCUT2D eigenvalue weighted by Gasteiger charge is -2.03. The molecule has 0 atom stereocenters. The fourth-order valence-corrected chi connectivity index (χ4v) is 1.61. The second kappa shape index (κ2) is 9.14. The summed E-state index contributed by atoms with van der Waals surface area (Å²) in [6, 6.07) is 19.9. The zero-order chi connectivity index (χ0) is 13.3. The first-order chi connectivity index (χ1) is 9.34. The van der Waals surface area contributed by atoms with Gasteiger partial charge in [0.05, 0.1) is 6.54 Å². The van der Waals surface area contributed by atoms with Crippen LogP contribution < -0.4 is 11.1 Å². The number of anilines is 1. The molecule has 0 radical (unpaired) electrons. The maximum Gasteiger partial charge on any atom is 0.193 e. The van der Waals surface area contributed by atoms with Gasteiger partial charge in [-0.1, -0.05) is 60.7 Å². The fourth-order valence-electron chi connectivity index (χ4n) is 1.61. The summed E-state index contributed by atoms with van der Waals surface area (Å²) in [6.07, 6.45) is 4.01. The van der Waals surface area contributed by atoms with Gasteiger partial charge in [0.15, 0.2) is 5.96 Å². The number of hydrogen-bond acceptors (Lipinski definition) is 1. The summed E-state index contributed by atoms with van der Waals surface area (Å²) in [5.41, 5.74) is 7.89. The maximum atomic E-state index is 5.79. The number of benzene rings is 2. The molecule has 0 unspecified atom stereocenters. The van der Waals surface area contributed by atoms with Gasteiger partial charge in [-0.05, 0) is 17.7 Å². The molecule has 3 nitrogen and oxygen atoms in total. The molecule has 0 aliphatic heterocycles. The lowest BCUT2D eigenvalue weighted by atomic mass is 10.2. The van der Waals surface area contributed by atoms with Crippen LogP contribution in [0.1, 0.15) is 5.56 Å². The molecule has 0 fully saturated rings. The number of aliphatic imine (C=N–C) groups is 1. The lowest BCUT2D eigenvalue weighted by molar-refractivity contribution is 1.23. The predicted molar refractivity (Wildman–Crippen MR) is 97.4 cm³/mol. The van der Waals surface area contributed by atoms with E-state index in [4.69, 9.17) is 5.73 Å². The molecule has 0 aliphatic rings. The number of halogens is 1. The molecule has 104 valence electrons. The lowest BCUT2D eigenvalue weighted by Crippen LogP contribution is -2.22. The Hall–Kier alpha value is -1.82. The Morgan fingerprint density at radius 3 is 2.25 bits per heavy atom. The monoisotopic (exact) mass is 379 g/mol. The highest BCUT2D eigenvalue weighted by Crippen LogP contribution is 2.04. The summed E-state index contributed by atoms with van der Waals surface area (Å²) < 4.78 is 0. The molecule has 20 heavy (non-hydrogen) atoms. The van der Waals surface area contributed by atoms with E-state index in [2.05, 4.69) is 10.3 Å². The highest BCUT2D eigenvalue weighted by Gasteiger charge is 1.91. The molecule has 0 amide bonds. The first-order valence-electron chi connectivity index (χ1n) is 6.18. The number of nitrogens with one attached hydrogen (secondary N) is 1. The minimum atomic E-state index is 0. The Morgan fingerprint density at radius 2 is 1.60 bits per heavy atom. The molecule has 0 aliphatic carbocycles. The zero-order valence-corrected chi connectivity index (χ0v) is 13.4. The van der Waals surface area contributed by atoms with Gasteiger partial charge < -0.3 is 11.1 Å². The molecule has 2 aromatic rings. The minimum Gasteiger partial charge on any atom is -0.370 e. The van der Waals surface area contributed by atoms with Crippen molar-refractivity contribution in [3.05, 3.63) is 72.3 Å². The first-order valence-corrected chi connectivity index (χ1v) is 6.18. The van der Waals surface area contributed by atoms with E-state index in [0.29, 0.717) is 12.5 Å². The van der Waals surface area contributed by atoms with E-state index in [-0.39, 0.29) is 24.0 Å². The molecule has 0 spiro atoms. The van der Waals surface area contributed by atoms with Gasteiger partial charge >= 0.3 is 0 Å². The van der Waals surface area contributed by atoms with Crippen molar-refractivity contribution in [2.45, 2.75) is 0 Å². The highest BCUT2D eigenvalue weighted by molar-refractivity contribution is 14.0. The van der Waals surface area contributed by atoms with E-state index in [1.807, 2.05) is 72.8 Å². The van der Waals surface area contributed by atoms with Gasteiger partial charge in [0.2, 0.25) is 0 Å².